The van der Waals surface area contributed by atoms with Gasteiger partial charge in [-0.25, -0.2) is 9.67 Å². The average molecular weight is 462 g/mol. The van der Waals surface area contributed by atoms with Gasteiger partial charge in [-0.05, 0) is 24.6 Å². The molecular weight excluding hydrogens is 440 g/mol. The first-order valence-corrected chi connectivity index (χ1v) is 10.6. The summed E-state index contributed by atoms with van der Waals surface area (Å²) in [6, 6.07) is 13.0. The monoisotopic (exact) mass is 462 g/mol. The van der Waals surface area contributed by atoms with Crippen LogP contribution in [0.4, 0.5) is 5.69 Å². The van der Waals surface area contributed by atoms with Gasteiger partial charge in [0.2, 0.25) is 0 Å². The summed E-state index contributed by atoms with van der Waals surface area (Å²) in [5.41, 5.74) is 1.30. The highest BCUT2D eigenvalue weighted by molar-refractivity contribution is 5.96. The number of aromatic nitrogens is 4. The molecule has 0 saturated carbocycles. The van der Waals surface area contributed by atoms with Crippen LogP contribution in [0.15, 0.2) is 65.8 Å². The molecule has 1 N–H and O–H groups in total. The van der Waals surface area contributed by atoms with E-state index in [1.54, 1.807) is 41.1 Å². The predicted octanol–water partition coefficient (Wildman–Crippen LogP) is 2.38. The van der Waals surface area contributed by atoms with Crippen LogP contribution >= 0.6 is 0 Å². The zero-order chi connectivity index (χ0) is 24.1. The van der Waals surface area contributed by atoms with Crippen LogP contribution in [0.25, 0.3) is 11.0 Å². The number of nitrogens with zero attached hydrogens (tertiary/aromatic N) is 5. The molecule has 4 rings (SSSR count). The molecule has 0 aliphatic carbocycles. The number of benzene rings is 2. The van der Waals surface area contributed by atoms with E-state index in [4.69, 9.17) is 4.74 Å². The minimum atomic E-state index is -0.474. The molecule has 11 heteroatoms. The molecule has 0 atom stereocenters. The molecule has 2 heterocycles. The Bertz CT molecular complexity index is 1390. The van der Waals surface area contributed by atoms with Gasteiger partial charge >= 0.3 is 0 Å². The quantitative estimate of drug-likeness (QED) is 0.298. The molecule has 0 unspecified atom stereocenters. The van der Waals surface area contributed by atoms with E-state index in [-0.39, 0.29) is 30.2 Å². The average Bonchev–Trinajstić information content (AvgIpc) is 3.25. The molecule has 34 heavy (non-hydrogen) atoms. The lowest BCUT2D eigenvalue weighted by molar-refractivity contribution is -0.384. The lowest BCUT2D eigenvalue weighted by atomic mass is 10.2. The van der Waals surface area contributed by atoms with Crippen molar-refractivity contribution < 1.29 is 14.5 Å². The van der Waals surface area contributed by atoms with Gasteiger partial charge < -0.3 is 10.1 Å². The Morgan fingerprint density at radius 1 is 1.18 bits per heavy atom. The Kier molecular flexibility index (Phi) is 6.62. The van der Waals surface area contributed by atoms with Crippen molar-refractivity contribution in [3.8, 4) is 5.75 Å². The molecule has 11 nitrogen and oxygen atoms in total. The van der Waals surface area contributed by atoms with E-state index in [9.17, 15) is 19.7 Å². The Labute approximate surface area is 193 Å². The van der Waals surface area contributed by atoms with Crippen LogP contribution in [-0.4, -0.2) is 43.3 Å². The lowest BCUT2D eigenvalue weighted by Gasteiger charge is -2.10. The summed E-state index contributed by atoms with van der Waals surface area (Å²) < 4.78 is 8.47. The highest BCUT2D eigenvalue weighted by Crippen LogP contribution is 2.17. The van der Waals surface area contributed by atoms with E-state index in [0.717, 1.165) is 5.56 Å². The fourth-order valence-corrected chi connectivity index (χ4v) is 3.50. The molecule has 0 saturated heterocycles. The third-order valence-electron chi connectivity index (χ3n) is 5.16. The summed E-state index contributed by atoms with van der Waals surface area (Å²) in [4.78, 5) is 40.1. The second-order valence-corrected chi connectivity index (χ2v) is 7.39. The number of nitrogens with one attached hydrogen (secondary N) is 1. The molecule has 4 aromatic rings. The van der Waals surface area contributed by atoms with Crippen molar-refractivity contribution in [2.75, 3.05) is 13.2 Å². The van der Waals surface area contributed by atoms with Crippen LogP contribution in [0.2, 0.25) is 0 Å². The van der Waals surface area contributed by atoms with Gasteiger partial charge in [-0.1, -0.05) is 24.3 Å². The molecule has 0 bridgehead atoms. The smallest absolute Gasteiger partial charge is 0.269 e. The standard InChI is InChI=1S/C23H22N6O5/c1-2-34-20-6-4-3-5-18(20)22(30)24-11-12-28-21-19(13-26-28)23(31)27(15-25-21)14-16-7-9-17(10-8-16)29(32)33/h3-10,13,15H,2,11-12,14H2,1H3,(H,24,30). The SMILES string of the molecule is CCOc1ccccc1C(=O)NCCn1ncc2c(=O)n(Cc3ccc([N+](=O)[O-])cc3)cnc21. The number of nitro benzene ring substituents is 1. The van der Waals surface area contributed by atoms with Gasteiger partial charge in [-0.3, -0.25) is 24.3 Å². The van der Waals surface area contributed by atoms with Crippen molar-refractivity contribution in [2.45, 2.75) is 20.0 Å². The summed E-state index contributed by atoms with van der Waals surface area (Å²) in [6.45, 7) is 3.14. The molecule has 0 aliphatic rings. The first kappa shape index (κ1) is 22.6. The Morgan fingerprint density at radius 2 is 1.94 bits per heavy atom. The predicted molar refractivity (Wildman–Crippen MR) is 124 cm³/mol. The number of para-hydroxylation sites is 1. The van der Waals surface area contributed by atoms with Gasteiger partial charge in [0.05, 0.1) is 36.4 Å². The highest BCUT2D eigenvalue weighted by atomic mass is 16.6. The van der Waals surface area contributed by atoms with Crippen molar-refractivity contribution in [1.82, 2.24) is 24.6 Å². The van der Waals surface area contributed by atoms with Gasteiger partial charge in [0, 0.05) is 18.7 Å². The van der Waals surface area contributed by atoms with Crippen LogP contribution in [0, 0.1) is 10.1 Å². The van der Waals surface area contributed by atoms with Gasteiger partial charge in [0.1, 0.15) is 17.5 Å². The van der Waals surface area contributed by atoms with E-state index in [1.807, 2.05) is 6.92 Å². The number of hydrogen-bond donors (Lipinski definition) is 1. The number of hydrogen-bond acceptors (Lipinski definition) is 7. The maximum atomic E-state index is 12.9. The molecule has 0 spiro atoms. The van der Waals surface area contributed by atoms with Crippen LogP contribution in [0.1, 0.15) is 22.8 Å². The molecule has 1 amide bonds. The minimum Gasteiger partial charge on any atom is -0.493 e. The van der Waals surface area contributed by atoms with Crippen molar-refractivity contribution in [3.05, 3.63) is 92.7 Å². The first-order chi connectivity index (χ1) is 16.5. The Morgan fingerprint density at radius 3 is 2.68 bits per heavy atom. The number of amides is 1. The second-order valence-electron chi connectivity index (χ2n) is 7.39. The summed E-state index contributed by atoms with van der Waals surface area (Å²) >= 11 is 0. The number of fused-ring (bicyclic) bond motifs is 1. The molecule has 174 valence electrons. The van der Waals surface area contributed by atoms with Crippen LogP contribution in [0.3, 0.4) is 0 Å². The molecular formula is C23H22N6O5. The molecule has 2 aromatic heterocycles. The van der Waals surface area contributed by atoms with Crippen molar-refractivity contribution >= 4 is 22.6 Å². The third-order valence-corrected chi connectivity index (χ3v) is 5.16. The summed E-state index contributed by atoms with van der Waals surface area (Å²) in [6.07, 6.45) is 2.87. The van der Waals surface area contributed by atoms with E-state index >= 15 is 0 Å². The zero-order valence-corrected chi connectivity index (χ0v) is 18.4. The van der Waals surface area contributed by atoms with E-state index in [1.165, 1.54) is 29.2 Å². The van der Waals surface area contributed by atoms with Gasteiger partial charge in [-0.15, -0.1) is 0 Å². The van der Waals surface area contributed by atoms with Crippen LogP contribution in [-0.2, 0) is 13.1 Å². The topological polar surface area (TPSA) is 134 Å². The number of rotatable bonds is 9. The fourth-order valence-electron chi connectivity index (χ4n) is 3.50. The maximum Gasteiger partial charge on any atom is 0.269 e. The molecule has 0 fully saturated rings. The number of carbonyl (C=O) groups is 1. The highest BCUT2D eigenvalue weighted by Gasteiger charge is 2.14. The summed E-state index contributed by atoms with van der Waals surface area (Å²) in [5.74, 6) is 0.251. The maximum absolute atomic E-state index is 12.9. The molecule has 0 radical (unpaired) electrons. The molecule has 0 aliphatic heterocycles. The Balaban J connectivity index is 1.44. The van der Waals surface area contributed by atoms with Crippen LogP contribution < -0.4 is 15.6 Å². The second kappa shape index (κ2) is 9.94. The van der Waals surface area contributed by atoms with Gasteiger partial charge in [0.15, 0.2) is 5.65 Å². The van der Waals surface area contributed by atoms with Crippen molar-refractivity contribution in [2.24, 2.45) is 0 Å². The van der Waals surface area contributed by atoms with E-state index in [2.05, 4.69) is 15.4 Å². The first-order valence-electron chi connectivity index (χ1n) is 10.6. The number of non-ortho nitro benzene ring substituents is 1. The van der Waals surface area contributed by atoms with Gasteiger partial charge in [-0.2, -0.15) is 5.10 Å². The normalized spacial score (nSPS) is 10.9. The molecule has 2 aromatic carbocycles. The largest absolute Gasteiger partial charge is 0.493 e. The summed E-state index contributed by atoms with van der Waals surface area (Å²) in [5, 5.41) is 18.2. The number of carbonyl (C=O) groups excluding carboxylic acids is 1. The zero-order valence-electron chi connectivity index (χ0n) is 18.4. The van der Waals surface area contributed by atoms with Crippen LogP contribution in [0.5, 0.6) is 5.75 Å². The van der Waals surface area contributed by atoms with Crippen molar-refractivity contribution in [3.63, 3.8) is 0 Å². The van der Waals surface area contributed by atoms with E-state index in [0.29, 0.717) is 35.5 Å². The number of ether oxygens (including phenoxy) is 1. The lowest BCUT2D eigenvalue weighted by Crippen LogP contribution is -2.28. The fraction of sp³-hybridized carbons (Fsp3) is 0.217. The summed E-state index contributed by atoms with van der Waals surface area (Å²) in [7, 11) is 0. The number of nitro groups is 1. The van der Waals surface area contributed by atoms with Crippen molar-refractivity contribution in [1.29, 1.82) is 0 Å². The third kappa shape index (κ3) is 4.77. The van der Waals surface area contributed by atoms with E-state index < -0.39 is 4.92 Å². The Hall–Kier alpha value is -4.54. The minimum absolute atomic E-state index is 0.0144. The van der Waals surface area contributed by atoms with Gasteiger partial charge in [0.25, 0.3) is 17.2 Å².